The van der Waals surface area contributed by atoms with Crippen LogP contribution in [0, 0.1) is 6.92 Å². The van der Waals surface area contributed by atoms with Crippen molar-refractivity contribution in [2.45, 2.75) is 58.3 Å². The highest BCUT2D eigenvalue weighted by Crippen LogP contribution is 2.32. The maximum Gasteiger partial charge on any atom is 0.0175 e. The van der Waals surface area contributed by atoms with Gasteiger partial charge in [-0.25, -0.2) is 0 Å². The van der Waals surface area contributed by atoms with Crippen molar-refractivity contribution in [3.63, 3.8) is 0 Å². The Morgan fingerprint density at radius 3 is 1.71 bits per heavy atom. The monoisotopic (exact) mass is 434 g/mol. The minimum atomic E-state index is 0.431. The van der Waals surface area contributed by atoms with E-state index in [9.17, 15) is 0 Å². The fourth-order valence-corrected chi connectivity index (χ4v) is 4.31. The van der Waals surface area contributed by atoms with E-state index in [4.69, 9.17) is 0 Å². The number of benzene rings is 3. The molecule has 3 aromatic carbocycles. The molecular weight excluding hydrogens is 404 g/mol. The summed E-state index contributed by atoms with van der Waals surface area (Å²) in [5.74, 6) is 1.11. The van der Waals surface area contributed by atoms with E-state index in [0.29, 0.717) is 11.8 Å². The lowest BCUT2D eigenvalue weighted by Gasteiger charge is -2.20. The standard InChI is InChI=1S/C27H31Br/c1-4-22(5-2)23-13-15-25(16-14-23)27(24-11-6-20(3)7-12-24)19-10-21-8-17-26(28)18-9-21/h6-9,11-18,22,27H,4-5,10,19H2,1-3H3. The Kier molecular flexibility index (Phi) is 7.50. The first-order valence-corrected chi connectivity index (χ1v) is 11.3. The summed E-state index contributed by atoms with van der Waals surface area (Å²) in [4.78, 5) is 0. The molecule has 3 aromatic rings. The van der Waals surface area contributed by atoms with Gasteiger partial charge in [0, 0.05) is 10.4 Å². The molecule has 0 aliphatic rings. The van der Waals surface area contributed by atoms with Gasteiger partial charge in [0.25, 0.3) is 0 Å². The Balaban J connectivity index is 1.85. The smallest absolute Gasteiger partial charge is 0.0175 e. The Labute approximate surface area is 179 Å². The maximum absolute atomic E-state index is 3.54. The predicted octanol–water partition coefficient (Wildman–Crippen LogP) is 8.43. The molecule has 0 saturated carbocycles. The molecular formula is C27H31Br. The molecule has 3 rings (SSSR count). The number of aryl methyl sites for hydroxylation is 2. The van der Waals surface area contributed by atoms with Gasteiger partial charge >= 0.3 is 0 Å². The molecule has 1 heteroatoms. The number of hydrogen-bond acceptors (Lipinski definition) is 0. The maximum atomic E-state index is 3.54. The fourth-order valence-electron chi connectivity index (χ4n) is 4.05. The van der Waals surface area contributed by atoms with Gasteiger partial charge in [-0.3, -0.25) is 0 Å². The zero-order valence-corrected chi connectivity index (χ0v) is 18.9. The van der Waals surface area contributed by atoms with E-state index in [0.717, 1.165) is 17.3 Å². The summed E-state index contributed by atoms with van der Waals surface area (Å²) in [7, 11) is 0. The van der Waals surface area contributed by atoms with Crippen molar-refractivity contribution in [3.05, 3.63) is 105 Å². The average molecular weight is 435 g/mol. The molecule has 1 unspecified atom stereocenters. The molecule has 0 amide bonds. The van der Waals surface area contributed by atoms with Crippen LogP contribution in [0.3, 0.4) is 0 Å². The third kappa shape index (κ3) is 5.35. The second-order valence-electron chi connectivity index (χ2n) is 7.81. The first-order valence-electron chi connectivity index (χ1n) is 10.5. The second-order valence-corrected chi connectivity index (χ2v) is 8.72. The highest BCUT2D eigenvalue weighted by molar-refractivity contribution is 9.10. The molecule has 0 aromatic heterocycles. The lowest BCUT2D eigenvalue weighted by Crippen LogP contribution is -2.04. The third-order valence-electron chi connectivity index (χ3n) is 5.91. The second kappa shape index (κ2) is 10.1. The van der Waals surface area contributed by atoms with Crippen molar-refractivity contribution in [2.24, 2.45) is 0 Å². The van der Waals surface area contributed by atoms with E-state index in [1.165, 1.54) is 40.7 Å². The molecule has 0 spiro atoms. The van der Waals surface area contributed by atoms with E-state index >= 15 is 0 Å². The van der Waals surface area contributed by atoms with Crippen LogP contribution in [0.2, 0.25) is 0 Å². The van der Waals surface area contributed by atoms with Crippen molar-refractivity contribution in [1.82, 2.24) is 0 Å². The summed E-state index contributed by atoms with van der Waals surface area (Å²) in [6.45, 7) is 6.73. The van der Waals surface area contributed by atoms with E-state index in [2.05, 4.69) is 109 Å². The van der Waals surface area contributed by atoms with Crippen molar-refractivity contribution < 1.29 is 0 Å². The first kappa shape index (κ1) is 20.9. The molecule has 0 bridgehead atoms. The zero-order valence-electron chi connectivity index (χ0n) is 17.3. The van der Waals surface area contributed by atoms with Crippen LogP contribution in [0.1, 0.15) is 72.8 Å². The van der Waals surface area contributed by atoms with Gasteiger partial charge in [-0.2, -0.15) is 0 Å². The van der Waals surface area contributed by atoms with Gasteiger partial charge < -0.3 is 0 Å². The fraction of sp³-hybridized carbons (Fsp3) is 0.333. The van der Waals surface area contributed by atoms with Crippen LogP contribution in [-0.4, -0.2) is 0 Å². The van der Waals surface area contributed by atoms with Gasteiger partial charge in [-0.15, -0.1) is 0 Å². The molecule has 0 fully saturated rings. The molecule has 0 aliphatic heterocycles. The van der Waals surface area contributed by atoms with Gasteiger partial charge in [0.15, 0.2) is 0 Å². The van der Waals surface area contributed by atoms with E-state index in [1.807, 2.05) is 0 Å². The van der Waals surface area contributed by atoms with Crippen molar-refractivity contribution in [1.29, 1.82) is 0 Å². The molecule has 0 saturated heterocycles. The van der Waals surface area contributed by atoms with Crippen molar-refractivity contribution in [3.8, 4) is 0 Å². The minimum Gasteiger partial charge on any atom is -0.0648 e. The largest absolute Gasteiger partial charge is 0.0648 e. The molecule has 28 heavy (non-hydrogen) atoms. The van der Waals surface area contributed by atoms with E-state index in [1.54, 1.807) is 0 Å². The van der Waals surface area contributed by atoms with Gasteiger partial charge in [0.2, 0.25) is 0 Å². The van der Waals surface area contributed by atoms with Crippen LogP contribution in [0.4, 0.5) is 0 Å². The van der Waals surface area contributed by atoms with Crippen LogP contribution < -0.4 is 0 Å². The Hall–Kier alpha value is -1.86. The first-order chi connectivity index (χ1) is 13.6. The van der Waals surface area contributed by atoms with Crippen LogP contribution >= 0.6 is 15.9 Å². The predicted molar refractivity (Wildman–Crippen MR) is 125 cm³/mol. The number of hydrogen-bond donors (Lipinski definition) is 0. The topological polar surface area (TPSA) is 0 Å². The molecule has 146 valence electrons. The Morgan fingerprint density at radius 1 is 0.679 bits per heavy atom. The molecule has 0 aliphatic carbocycles. The molecule has 0 nitrogen and oxygen atoms in total. The van der Waals surface area contributed by atoms with Crippen molar-refractivity contribution in [2.75, 3.05) is 0 Å². The SMILES string of the molecule is CCC(CC)c1ccc(C(CCc2ccc(Br)cc2)c2ccc(C)cc2)cc1. The number of rotatable bonds is 8. The highest BCUT2D eigenvalue weighted by Gasteiger charge is 2.15. The minimum absolute atomic E-state index is 0.431. The van der Waals surface area contributed by atoms with Crippen LogP contribution in [-0.2, 0) is 6.42 Å². The summed E-state index contributed by atoms with van der Waals surface area (Å²) in [6.07, 6.45) is 4.62. The molecule has 0 N–H and O–H groups in total. The lowest BCUT2D eigenvalue weighted by atomic mass is 9.84. The van der Waals surface area contributed by atoms with Crippen molar-refractivity contribution >= 4 is 15.9 Å². The summed E-state index contributed by atoms with van der Waals surface area (Å²) in [5, 5.41) is 0. The van der Waals surface area contributed by atoms with E-state index in [-0.39, 0.29) is 0 Å². The summed E-state index contributed by atoms with van der Waals surface area (Å²) in [5.41, 5.74) is 7.03. The molecule has 0 heterocycles. The Morgan fingerprint density at radius 2 is 1.18 bits per heavy atom. The van der Waals surface area contributed by atoms with Gasteiger partial charge in [0.1, 0.15) is 0 Å². The van der Waals surface area contributed by atoms with Crippen LogP contribution in [0.15, 0.2) is 77.3 Å². The normalized spacial score (nSPS) is 12.3. The molecule has 1 atom stereocenters. The Bertz CT molecular complexity index is 840. The third-order valence-corrected chi connectivity index (χ3v) is 6.44. The van der Waals surface area contributed by atoms with Gasteiger partial charge in [-0.05, 0) is 72.9 Å². The summed E-state index contributed by atoms with van der Waals surface area (Å²) >= 11 is 3.54. The van der Waals surface area contributed by atoms with Gasteiger partial charge in [-0.1, -0.05) is 96.0 Å². The average Bonchev–Trinajstić information content (AvgIpc) is 2.72. The summed E-state index contributed by atoms with van der Waals surface area (Å²) in [6, 6.07) is 27.2. The highest BCUT2D eigenvalue weighted by atomic mass is 79.9. The molecule has 0 radical (unpaired) electrons. The zero-order chi connectivity index (χ0) is 19.9. The quantitative estimate of drug-likeness (QED) is 0.333. The van der Waals surface area contributed by atoms with Crippen LogP contribution in [0.5, 0.6) is 0 Å². The van der Waals surface area contributed by atoms with E-state index < -0.39 is 0 Å². The van der Waals surface area contributed by atoms with Gasteiger partial charge in [0.05, 0.1) is 0 Å². The lowest BCUT2D eigenvalue weighted by molar-refractivity contribution is 0.640. The number of halogens is 1. The van der Waals surface area contributed by atoms with Crippen LogP contribution in [0.25, 0.3) is 0 Å². The summed E-state index contributed by atoms with van der Waals surface area (Å²) < 4.78 is 1.14.